The minimum Gasteiger partial charge on any atom is -0.354 e. The highest BCUT2D eigenvalue weighted by molar-refractivity contribution is 5.79. The smallest absolute Gasteiger partial charge is 0.220 e. The van der Waals surface area contributed by atoms with Crippen LogP contribution in [-0.2, 0) is 9.59 Å². The van der Waals surface area contributed by atoms with Crippen LogP contribution in [0, 0.1) is 0 Å². The minimum atomic E-state index is -0.315. The van der Waals surface area contributed by atoms with E-state index >= 15 is 0 Å². The van der Waals surface area contributed by atoms with Gasteiger partial charge in [-0.3, -0.25) is 9.59 Å². The SMILES string of the molecule is CCC(N)(CC)CNC(=O)CCCC(=O)NC(C)C. The van der Waals surface area contributed by atoms with Crippen LogP contribution < -0.4 is 16.4 Å². The Kier molecular flexibility index (Phi) is 8.39. The van der Waals surface area contributed by atoms with Gasteiger partial charge in [-0.25, -0.2) is 0 Å². The summed E-state index contributed by atoms with van der Waals surface area (Å²) in [6.07, 6.45) is 3.00. The standard InChI is InChI=1S/C14H29N3O2/c1-5-14(15,6-2)10-16-12(18)8-7-9-13(19)17-11(3)4/h11H,5-10,15H2,1-4H3,(H,16,18)(H,17,19). The van der Waals surface area contributed by atoms with Crippen molar-refractivity contribution >= 4 is 11.8 Å². The van der Waals surface area contributed by atoms with Gasteiger partial charge in [0.25, 0.3) is 0 Å². The molecule has 0 aromatic rings. The van der Waals surface area contributed by atoms with Crippen molar-refractivity contribution < 1.29 is 9.59 Å². The lowest BCUT2D eigenvalue weighted by Crippen LogP contribution is -2.49. The summed E-state index contributed by atoms with van der Waals surface area (Å²) in [6, 6.07) is 0.147. The summed E-state index contributed by atoms with van der Waals surface area (Å²) in [5, 5.41) is 5.64. The Labute approximate surface area is 116 Å². The van der Waals surface area contributed by atoms with Gasteiger partial charge in [-0.1, -0.05) is 13.8 Å². The zero-order valence-electron chi connectivity index (χ0n) is 12.7. The molecule has 19 heavy (non-hydrogen) atoms. The van der Waals surface area contributed by atoms with E-state index in [-0.39, 0.29) is 23.4 Å². The van der Waals surface area contributed by atoms with Gasteiger partial charge in [0.05, 0.1) is 0 Å². The molecule has 0 aliphatic heterocycles. The zero-order chi connectivity index (χ0) is 14.9. The van der Waals surface area contributed by atoms with Gasteiger partial charge in [0, 0.05) is 31.0 Å². The molecule has 0 aliphatic rings. The summed E-state index contributed by atoms with van der Waals surface area (Å²) in [5.41, 5.74) is 5.78. The molecule has 0 atom stereocenters. The van der Waals surface area contributed by atoms with Crippen LogP contribution in [0.2, 0.25) is 0 Å². The zero-order valence-corrected chi connectivity index (χ0v) is 12.7. The van der Waals surface area contributed by atoms with Gasteiger partial charge < -0.3 is 16.4 Å². The molecule has 0 saturated carbocycles. The molecule has 2 amide bonds. The number of carbonyl (C=O) groups excluding carboxylic acids is 2. The van der Waals surface area contributed by atoms with E-state index in [0.717, 1.165) is 12.8 Å². The molecule has 0 radical (unpaired) electrons. The third-order valence-electron chi connectivity index (χ3n) is 3.30. The van der Waals surface area contributed by atoms with Crippen molar-refractivity contribution in [3.63, 3.8) is 0 Å². The largest absolute Gasteiger partial charge is 0.354 e. The number of nitrogens with one attached hydrogen (secondary N) is 2. The molecule has 0 fully saturated rings. The highest BCUT2D eigenvalue weighted by Gasteiger charge is 2.20. The van der Waals surface area contributed by atoms with Crippen LogP contribution in [0.5, 0.6) is 0 Å². The topological polar surface area (TPSA) is 84.2 Å². The van der Waals surface area contributed by atoms with Gasteiger partial charge in [0.15, 0.2) is 0 Å². The van der Waals surface area contributed by atoms with Crippen molar-refractivity contribution in [2.75, 3.05) is 6.54 Å². The molecule has 0 saturated heterocycles. The van der Waals surface area contributed by atoms with Crippen LogP contribution in [0.25, 0.3) is 0 Å². The lowest BCUT2D eigenvalue weighted by atomic mass is 9.94. The summed E-state index contributed by atoms with van der Waals surface area (Å²) in [6.45, 7) is 8.37. The summed E-state index contributed by atoms with van der Waals surface area (Å²) in [7, 11) is 0. The third kappa shape index (κ3) is 8.59. The lowest BCUT2D eigenvalue weighted by molar-refractivity contribution is -0.122. The number of nitrogens with two attached hydrogens (primary N) is 1. The van der Waals surface area contributed by atoms with E-state index in [1.54, 1.807) is 0 Å². The molecule has 112 valence electrons. The van der Waals surface area contributed by atoms with Gasteiger partial charge in [-0.2, -0.15) is 0 Å². The van der Waals surface area contributed by atoms with Crippen molar-refractivity contribution in [1.82, 2.24) is 10.6 Å². The van der Waals surface area contributed by atoms with Crippen LogP contribution in [0.1, 0.15) is 59.8 Å². The first-order valence-corrected chi connectivity index (χ1v) is 7.18. The van der Waals surface area contributed by atoms with E-state index in [2.05, 4.69) is 10.6 Å². The summed E-state index contributed by atoms with van der Waals surface area (Å²) < 4.78 is 0. The molecule has 4 N–H and O–H groups in total. The van der Waals surface area contributed by atoms with E-state index < -0.39 is 0 Å². The number of amides is 2. The predicted molar refractivity (Wildman–Crippen MR) is 77.6 cm³/mol. The van der Waals surface area contributed by atoms with Crippen LogP contribution in [-0.4, -0.2) is 29.9 Å². The molecule has 0 aliphatic carbocycles. The van der Waals surface area contributed by atoms with E-state index in [4.69, 9.17) is 5.73 Å². The van der Waals surface area contributed by atoms with Crippen molar-refractivity contribution in [2.24, 2.45) is 5.73 Å². The summed E-state index contributed by atoms with van der Waals surface area (Å²) in [5.74, 6) is -0.0350. The third-order valence-corrected chi connectivity index (χ3v) is 3.30. The van der Waals surface area contributed by atoms with Crippen molar-refractivity contribution in [2.45, 2.75) is 71.4 Å². The Morgan fingerprint density at radius 3 is 2.11 bits per heavy atom. The highest BCUT2D eigenvalue weighted by atomic mass is 16.2. The normalized spacial score (nSPS) is 11.5. The monoisotopic (exact) mass is 271 g/mol. The second-order valence-corrected chi connectivity index (χ2v) is 5.42. The number of carbonyl (C=O) groups is 2. The predicted octanol–water partition coefficient (Wildman–Crippen LogP) is 1.32. The van der Waals surface area contributed by atoms with E-state index in [1.807, 2.05) is 27.7 Å². The van der Waals surface area contributed by atoms with Crippen molar-refractivity contribution in [3.05, 3.63) is 0 Å². The molecule has 0 aromatic heterocycles. The summed E-state index contributed by atoms with van der Waals surface area (Å²) >= 11 is 0. The molecule has 0 bridgehead atoms. The van der Waals surface area contributed by atoms with Gasteiger partial charge in [-0.05, 0) is 33.1 Å². The molecular weight excluding hydrogens is 242 g/mol. The molecule has 0 heterocycles. The lowest BCUT2D eigenvalue weighted by Gasteiger charge is -2.26. The van der Waals surface area contributed by atoms with Crippen LogP contribution in [0.3, 0.4) is 0 Å². The number of hydrogen-bond donors (Lipinski definition) is 3. The second-order valence-electron chi connectivity index (χ2n) is 5.42. The fraction of sp³-hybridized carbons (Fsp3) is 0.857. The van der Waals surface area contributed by atoms with Gasteiger partial charge >= 0.3 is 0 Å². The molecule has 0 aromatic carbocycles. The second kappa shape index (κ2) is 8.91. The van der Waals surface area contributed by atoms with Gasteiger partial charge in [0.2, 0.25) is 11.8 Å². The highest BCUT2D eigenvalue weighted by Crippen LogP contribution is 2.09. The molecule has 0 spiro atoms. The van der Waals surface area contributed by atoms with E-state index in [1.165, 1.54) is 0 Å². The van der Waals surface area contributed by atoms with Crippen LogP contribution >= 0.6 is 0 Å². The quantitative estimate of drug-likeness (QED) is 0.591. The molecular formula is C14H29N3O2. The Morgan fingerprint density at radius 2 is 1.63 bits per heavy atom. The average Bonchev–Trinajstić information content (AvgIpc) is 2.35. The van der Waals surface area contributed by atoms with E-state index in [0.29, 0.717) is 25.8 Å². The molecule has 5 heteroatoms. The fourth-order valence-electron chi connectivity index (χ4n) is 1.67. The maximum Gasteiger partial charge on any atom is 0.220 e. The Balaban J connectivity index is 3.79. The summed E-state index contributed by atoms with van der Waals surface area (Å²) in [4.78, 5) is 23.0. The minimum absolute atomic E-state index is 0.00177. The van der Waals surface area contributed by atoms with Crippen LogP contribution in [0.15, 0.2) is 0 Å². The molecule has 0 rings (SSSR count). The van der Waals surface area contributed by atoms with E-state index in [9.17, 15) is 9.59 Å². The Bertz CT molecular complexity index is 286. The number of rotatable bonds is 9. The first kappa shape index (κ1) is 17.9. The maximum atomic E-state index is 11.6. The first-order chi connectivity index (χ1) is 8.83. The van der Waals surface area contributed by atoms with Crippen LogP contribution in [0.4, 0.5) is 0 Å². The van der Waals surface area contributed by atoms with Gasteiger partial charge in [-0.15, -0.1) is 0 Å². The average molecular weight is 271 g/mol. The Morgan fingerprint density at radius 1 is 1.11 bits per heavy atom. The van der Waals surface area contributed by atoms with Gasteiger partial charge in [0.1, 0.15) is 0 Å². The Hall–Kier alpha value is -1.10. The molecule has 5 nitrogen and oxygen atoms in total. The number of hydrogen-bond acceptors (Lipinski definition) is 3. The van der Waals surface area contributed by atoms with Crippen molar-refractivity contribution in [1.29, 1.82) is 0 Å². The van der Waals surface area contributed by atoms with Crippen molar-refractivity contribution in [3.8, 4) is 0 Å². The molecule has 0 unspecified atom stereocenters. The fourth-order valence-corrected chi connectivity index (χ4v) is 1.67. The maximum absolute atomic E-state index is 11.6. The first-order valence-electron chi connectivity index (χ1n) is 7.18.